The number of nitrogens with zero attached hydrogens (tertiary/aromatic N) is 2. The molecule has 0 aliphatic heterocycles. The maximum absolute atomic E-state index is 5.13. The normalized spacial score (nSPS) is 9.46. The van der Waals surface area contributed by atoms with E-state index in [4.69, 9.17) is 4.74 Å². The first kappa shape index (κ1) is 9.62. The molecule has 0 aliphatic carbocycles. The Bertz CT molecular complexity index is 282. The highest BCUT2D eigenvalue weighted by Crippen LogP contribution is 2.02. The molecular weight excluding hydrogens is 168 g/mol. The summed E-state index contributed by atoms with van der Waals surface area (Å²) in [5, 5.41) is 3.57. The second-order valence-electron chi connectivity index (χ2n) is 2.72. The Morgan fingerprint density at radius 3 is 3.00 bits per heavy atom. The molecule has 0 bridgehead atoms. The van der Waals surface area contributed by atoms with Crippen molar-refractivity contribution in [3.8, 4) is 17.7 Å². The van der Waals surface area contributed by atoms with Gasteiger partial charge in [0.15, 0.2) is 6.61 Å². The standard InChI is InChI=1S/C9H12N2O2/c1-11(2)6-3-4-7-12-9-5-8-13-10-9/h5,8H,6-7H2,1-2H3. The molecule has 4 heteroatoms. The number of aromatic nitrogens is 1. The van der Waals surface area contributed by atoms with Gasteiger partial charge in [0.05, 0.1) is 6.54 Å². The molecular formula is C9H12N2O2. The molecule has 0 N–H and O–H groups in total. The lowest BCUT2D eigenvalue weighted by Crippen LogP contribution is -2.11. The van der Waals surface area contributed by atoms with Crippen molar-refractivity contribution in [2.45, 2.75) is 0 Å². The highest BCUT2D eigenvalue weighted by Gasteiger charge is 1.92. The maximum Gasteiger partial charge on any atom is 0.254 e. The molecule has 0 atom stereocenters. The van der Waals surface area contributed by atoms with E-state index in [0.29, 0.717) is 12.5 Å². The van der Waals surface area contributed by atoms with Gasteiger partial charge in [-0.3, -0.25) is 4.90 Å². The van der Waals surface area contributed by atoms with Gasteiger partial charge in [0.25, 0.3) is 5.88 Å². The smallest absolute Gasteiger partial charge is 0.254 e. The molecule has 13 heavy (non-hydrogen) atoms. The van der Waals surface area contributed by atoms with E-state index in [0.717, 1.165) is 6.54 Å². The first-order valence-electron chi connectivity index (χ1n) is 3.92. The lowest BCUT2D eigenvalue weighted by atomic mass is 10.5. The van der Waals surface area contributed by atoms with Crippen molar-refractivity contribution in [1.29, 1.82) is 0 Å². The molecule has 0 unspecified atom stereocenters. The SMILES string of the molecule is CN(C)CC#CCOc1ccon1. The van der Waals surface area contributed by atoms with Crippen LogP contribution in [-0.4, -0.2) is 37.3 Å². The summed E-state index contributed by atoms with van der Waals surface area (Å²) >= 11 is 0. The van der Waals surface area contributed by atoms with Gasteiger partial charge in [0, 0.05) is 6.07 Å². The molecule has 0 saturated carbocycles. The largest absolute Gasteiger partial charge is 0.462 e. The molecule has 0 amide bonds. The van der Waals surface area contributed by atoms with Gasteiger partial charge in [0.2, 0.25) is 0 Å². The van der Waals surface area contributed by atoms with Gasteiger partial charge in [0.1, 0.15) is 6.26 Å². The summed E-state index contributed by atoms with van der Waals surface area (Å²) < 4.78 is 9.71. The number of hydrogen-bond acceptors (Lipinski definition) is 4. The Hall–Kier alpha value is -1.47. The van der Waals surface area contributed by atoms with Crippen molar-refractivity contribution in [1.82, 2.24) is 10.1 Å². The molecule has 1 aromatic heterocycles. The minimum atomic E-state index is 0.348. The minimum Gasteiger partial charge on any atom is -0.462 e. The monoisotopic (exact) mass is 180 g/mol. The average molecular weight is 180 g/mol. The molecule has 0 aliphatic rings. The Labute approximate surface area is 77.5 Å². The zero-order valence-electron chi connectivity index (χ0n) is 7.78. The first-order chi connectivity index (χ1) is 6.29. The van der Waals surface area contributed by atoms with Crippen molar-refractivity contribution in [3.63, 3.8) is 0 Å². The van der Waals surface area contributed by atoms with Crippen molar-refractivity contribution < 1.29 is 9.26 Å². The summed E-state index contributed by atoms with van der Waals surface area (Å²) in [6, 6.07) is 1.65. The van der Waals surface area contributed by atoms with Gasteiger partial charge >= 0.3 is 0 Å². The lowest BCUT2D eigenvalue weighted by molar-refractivity contribution is 0.314. The number of hydrogen-bond donors (Lipinski definition) is 0. The number of rotatable bonds is 3. The predicted molar refractivity (Wildman–Crippen MR) is 48.3 cm³/mol. The summed E-state index contributed by atoms with van der Waals surface area (Å²) in [4.78, 5) is 1.99. The van der Waals surface area contributed by atoms with E-state index in [2.05, 4.69) is 21.5 Å². The maximum atomic E-state index is 5.13. The summed E-state index contributed by atoms with van der Waals surface area (Å²) in [5.41, 5.74) is 0. The molecule has 1 aromatic rings. The second kappa shape index (κ2) is 5.22. The molecule has 4 nitrogen and oxygen atoms in total. The van der Waals surface area contributed by atoms with Crippen LogP contribution in [-0.2, 0) is 0 Å². The zero-order valence-corrected chi connectivity index (χ0v) is 7.78. The van der Waals surface area contributed by atoms with Gasteiger partial charge in [-0.2, -0.15) is 0 Å². The van der Waals surface area contributed by atoms with Crippen LogP contribution in [0.5, 0.6) is 5.88 Å². The fourth-order valence-electron chi connectivity index (χ4n) is 0.651. The van der Waals surface area contributed by atoms with E-state index in [9.17, 15) is 0 Å². The van der Waals surface area contributed by atoms with Gasteiger partial charge < -0.3 is 9.26 Å². The summed E-state index contributed by atoms with van der Waals surface area (Å²) in [5.74, 6) is 6.27. The summed E-state index contributed by atoms with van der Waals surface area (Å²) in [6.45, 7) is 1.09. The highest BCUT2D eigenvalue weighted by atomic mass is 16.5. The van der Waals surface area contributed by atoms with E-state index >= 15 is 0 Å². The van der Waals surface area contributed by atoms with Gasteiger partial charge in [-0.1, -0.05) is 11.8 Å². The van der Waals surface area contributed by atoms with Crippen LogP contribution in [0.2, 0.25) is 0 Å². The third-order valence-corrected chi connectivity index (χ3v) is 1.23. The summed E-state index contributed by atoms with van der Waals surface area (Å²) in [6.07, 6.45) is 1.46. The molecule has 0 fully saturated rings. The van der Waals surface area contributed by atoms with Crippen LogP contribution in [0.4, 0.5) is 0 Å². The van der Waals surface area contributed by atoms with Crippen molar-refractivity contribution in [2.75, 3.05) is 27.2 Å². The van der Waals surface area contributed by atoms with E-state index < -0.39 is 0 Å². The Morgan fingerprint density at radius 1 is 1.54 bits per heavy atom. The number of ether oxygens (including phenoxy) is 1. The molecule has 1 rings (SSSR count). The van der Waals surface area contributed by atoms with Crippen LogP contribution >= 0.6 is 0 Å². The summed E-state index contributed by atoms with van der Waals surface area (Å²) in [7, 11) is 3.93. The van der Waals surface area contributed by atoms with Crippen LogP contribution in [0, 0.1) is 11.8 Å². The zero-order chi connectivity index (χ0) is 9.52. The minimum absolute atomic E-state index is 0.348. The lowest BCUT2D eigenvalue weighted by Gasteiger charge is -2.00. The van der Waals surface area contributed by atoms with E-state index in [-0.39, 0.29) is 0 Å². The van der Waals surface area contributed by atoms with Crippen molar-refractivity contribution >= 4 is 0 Å². The van der Waals surface area contributed by atoms with Gasteiger partial charge in [-0.25, -0.2) is 0 Å². The van der Waals surface area contributed by atoms with Crippen LogP contribution < -0.4 is 4.74 Å². The highest BCUT2D eigenvalue weighted by molar-refractivity contribution is 5.06. The third-order valence-electron chi connectivity index (χ3n) is 1.23. The topological polar surface area (TPSA) is 38.5 Å². The molecule has 0 spiro atoms. The van der Waals surface area contributed by atoms with Crippen LogP contribution in [0.3, 0.4) is 0 Å². The molecule has 0 radical (unpaired) electrons. The fraction of sp³-hybridized carbons (Fsp3) is 0.444. The first-order valence-corrected chi connectivity index (χ1v) is 3.92. The third kappa shape index (κ3) is 4.19. The average Bonchev–Trinajstić information content (AvgIpc) is 2.55. The van der Waals surface area contributed by atoms with Gasteiger partial charge in [-0.05, 0) is 19.3 Å². The van der Waals surface area contributed by atoms with Crippen LogP contribution in [0.15, 0.2) is 16.9 Å². The second-order valence-corrected chi connectivity index (χ2v) is 2.72. The van der Waals surface area contributed by atoms with E-state index in [1.165, 1.54) is 6.26 Å². The van der Waals surface area contributed by atoms with Crippen molar-refractivity contribution in [2.24, 2.45) is 0 Å². The molecule has 1 heterocycles. The molecule has 0 saturated heterocycles. The Morgan fingerprint density at radius 2 is 2.38 bits per heavy atom. The van der Waals surface area contributed by atoms with Crippen LogP contribution in [0.1, 0.15) is 0 Å². The van der Waals surface area contributed by atoms with E-state index in [1.54, 1.807) is 6.07 Å². The Kier molecular flexibility index (Phi) is 3.86. The van der Waals surface area contributed by atoms with E-state index in [1.807, 2.05) is 19.0 Å². The quantitative estimate of drug-likeness (QED) is 0.639. The van der Waals surface area contributed by atoms with Crippen LogP contribution in [0.25, 0.3) is 0 Å². The van der Waals surface area contributed by atoms with Crippen molar-refractivity contribution in [3.05, 3.63) is 12.3 Å². The predicted octanol–water partition coefficient (Wildman–Crippen LogP) is 0.618. The van der Waals surface area contributed by atoms with Gasteiger partial charge in [-0.15, -0.1) is 0 Å². The molecule has 0 aromatic carbocycles. The Balaban J connectivity index is 2.16. The molecule has 70 valence electrons. The fourth-order valence-corrected chi connectivity index (χ4v) is 0.651.